The van der Waals surface area contributed by atoms with Gasteiger partial charge in [0.25, 0.3) is 0 Å². The smallest absolute Gasteiger partial charge is 0.207 e. The normalized spacial score (nSPS) is 11.8. The number of hydrogen-bond acceptors (Lipinski definition) is 2. The summed E-state index contributed by atoms with van der Waals surface area (Å²) in [5.74, 6) is 0.238. The maximum absolute atomic E-state index is 12.6. The van der Waals surface area contributed by atoms with Crippen LogP contribution in [0.5, 0.6) is 0 Å². The molecule has 112 valence electrons. The molecule has 21 heavy (non-hydrogen) atoms. The van der Waals surface area contributed by atoms with Gasteiger partial charge in [0, 0.05) is 19.5 Å². The largest absolute Gasteiger partial charge is 0.244 e. The van der Waals surface area contributed by atoms with E-state index in [2.05, 4.69) is 0 Å². The fourth-order valence-electron chi connectivity index (χ4n) is 1.92. The van der Waals surface area contributed by atoms with Crippen molar-refractivity contribution in [2.24, 2.45) is 0 Å². The van der Waals surface area contributed by atoms with Gasteiger partial charge >= 0.3 is 0 Å². The molecule has 2 aromatic rings. The van der Waals surface area contributed by atoms with E-state index in [1.807, 2.05) is 30.3 Å². The van der Waals surface area contributed by atoms with Crippen molar-refractivity contribution in [1.82, 2.24) is 4.31 Å². The number of hydrogen-bond donors (Lipinski definition) is 0. The number of sulfonamides is 1. The van der Waals surface area contributed by atoms with Crippen LogP contribution in [0.25, 0.3) is 0 Å². The van der Waals surface area contributed by atoms with Crippen LogP contribution in [0.2, 0.25) is 5.02 Å². The number of rotatable bonds is 5. The molecule has 0 fully saturated rings. The quantitative estimate of drug-likeness (QED) is 0.772. The van der Waals surface area contributed by atoms with E-state index in [1.54, 1.807) is 12.1 Å². The van der Waals surface area contributed by atoms with Crippen LogP contribution in [0.3, 0.4) is 0 Å². The van der Waals surface area contributed by atoms with E-state index >= 15 is 0 Å². The summed E-state index contributed by atoms with van der Waals surface area (Å²) >= 11 is 11.8. The van der Waals surface area contributed by atoms with Gasteiger partial charge in [0.2, 0.25) is 10.0 Å². The molecule has 0 heterocycles. The fraction of sp³-hybridized carbons (Fsp3) is 0.200. The van der Waals surface area contributed by atoms with Gasteiger partial charge < -0.3 is 0 Å². The number of benzene rings is 2. The van der Waals surface area contributed by atoms with Gasteiger partial charge in [-0.2, -0.15) is 4.31 Å². The molecule has 2 rings (SSSR count). The molecule has 0 aromatic heterocycles. The fourth-order valence-corrected chi connectivity index (χ4v) is 3.77. The first-order chi connectivity index (χ1) is 9.95. The summed E-state index contributed by atoms with van der Waals surface area (Å²) in [6, 6.07) is 14.2. The van der Waals surface area contributed by atoms with E-state index in [4.69, 9.17) is 23.2 Å². The summed E-state index contributed by atoms with van der Waals surface area (Å²) in [6.45, 7) is 0.282. The molecule has 0 spiro atoms. The Kier molecular flexibility index (Phi) is 5.27. The van der Waals surface area contributed by atoms with Crippen molar-refractivity contribution in [2.75, 3.05) is 7.05 Å². The first kappa shape index (κ1) is 16.3. The molecule has 0 aliphatic heterocycles. The molecular weight excluding hydrogens is 329 g/mol. The van der Waals surface area contributed by atoms with Crippen molar-refractivity contribution in [3.05, 3.63) is 64.7 Å². The maximum atomic E-state index is 12.6. The Bertz CT molecular complexity index is 718. The average molecular weight is 344 g/mol. The minimum absolute atomic E-state index is 0.0840. The van der Waals surface area contributed by atoms with E-state index in [0.717, 1.165) is 5.56 Å². The first-order valence-corrected chi connectivity index (χ1v) is 8.65. The van der Waals surface area contributed by atoms with Gasteiger partial charge in [-0.3, -0.25) is 0 Å². The SMILES string of the molecule is CN(Cc1ccccc1)S(=O)(=O)c1cc(CCl)ccc1Cl. The topological polar surface area (TPSA) is 37.4 Å². The molecule has 0 N–H and O–H groups in total. The highest BCUT2D eigenvalue weighted by molar-refractivity contribution is 7.89. The van der Waals surface area contributed by atoms with Crippen LogP contribution in [0.15, 0.2) is 53.4 Å². The third kappa shape index (κ3) is 3.77. The average Bonchev–Trinajstić information content (AvgIpc) is 2.48. The van der Waals surface area contributed by atoms with Crippen LogP contribution >= 0.6 is 23.2 Å². The second-order valence-electron chi connectivity index (χ2n) is 4.65. The number of nitrogens with zero attached hydrogens (tertiary/aromatic N) is 1. The summed E-state index contributed by atoms with van der Waals surface area (Å²) in [7, 11) is -2.12. The Hall–Kier alpha value is -1.07. The Morgan fingerprint density at radius 1 is 1.05 bits per heavy atom. The van der Waals surface area contributed by atoms with Gasteiger partial charge in [-0.05, 0) is 23.3 Å². The predicted octanol–water partition coefficient (Wildman–Crippen LogP) is 3.90. The van der Waals surface area contributed by atoms with Gasteiger partial charge in [-0.1, -0.05) is 48.0 Å². The Balaban J connectivity index is 2.33. The van der Waals surface area contributed by atoms with Crippen LogP contribution in [-0.4, -0.2) is 19.8 Å². The third-order valence-electron chi connectivity index (χ3n) is 3.09. The van der Waals surface area contributed by atoms with Crippen molar-refractivity contribution in [3.63, 3.8) is 0 Å². The van der Waals surface area contributed by atoms with Crippen molar-refractivity contribution in [1.29, 1.82) is 0 Å². The lowest BCUT2D eigenvalue weighted by Crippen LogP contribution is -2.26. The van der Waals surface area contributed by atoms with Crippen molar-refractivity contribution < 1.29 is 8.42 Å². The van der Waals surface area contributed by atoms with Crippen LogP contribution in [0.1, 0.15) is 11.1 Å². The molecular formula is C15H15Cl2NO2S. The van der Waals surface area contributed by atoms with E-state index in [9.17, 15) is 8.42 Å². The van der Waals surface area contributed by atoms with E-state index < -0.39 is 10.0 Å². The Morgan fingerprint density at radius 3 is 2.33 bits per heavy atom. The molecule has 0 saturated carbocycles. The lowest BCUT2D eigenvalue weighted by Gasteiger charge is -2.18. The highest BCUT2D eigenvalue weighted by Gasteiger charge is 2.24. The summed E-state index contributed by atoms with van der Waals surface area (Å²) in [6.07, 6.45) is 0. The Morgan fingerprint density at radius 2 is 1.71 bits per heavy atom. The monoisotopic (exact) mass is 343 g/mol. The van der Waals surface area contributed by atoms with Gasteiger partial charge in [0.05, 0.1) is 5.02 Å². The molecule has 0 amide bonds. The van der Waals surface area contributed by atoms with E-state index in [0.29, 0.717) is 5.56 Å². The molecule has 3 nitrogen and oxygen atoms in total. The zero-order valence-corrected chi connectivity index (χ0v) is 13.8. The van der Waals surface area contributed by atoms with Crippen molar-refractivity contribution in [3.8, 4) is 0 Å². The second-order valence-corrected chi connectivity index (χ2v) is 7.33. The van der Waals surface area contributed by atoms with Crippen molar-refractivity contribution in [2.45, 2.75) is 17.3 Å². The maximum Gasteiger partial charge on any atom is 0.244 e. The highest BCUT2D eigenvalue weighted by atomic mass is 35.5. The number of alkyl halides is 1. The van der Waals surface area contributed by atoms with Gasteiger partial charge in [-0.15, -0.1) is 11.6 Å². The summed E-state index contributed by atoms with van der Waals surface area (Å²) in [5, 5.41) is 0.198. The molecule has 0 saturated heterocycles. The molecule has 0 aliphatic rings. The number of halogens is 2. The zero-order chi connectivity index (χ0) is 15.5. The van der Waals surface area contributed by atoms with E-state index in [1.165, 1.54) is 17.4 Å². The molecule has 0 bridgehead atoms. The molecule has 0 radical (unpaired) electrons. The molecule has 2 aromatic carbocycles. The molecule has 0 unspecified atom stereocenters. The minimum atomic E-state index is -3.66. The summed E-state index contributed by atoms with van der Waals surface area (Å²) in [5.41, 5.74) is 1.63. The van der Waals surface area contributed by atoms with Gasteiger partial charge in [0.15, 0.2) is 0 Å². The standard InChI is InChI=1S/C15H15Cl2NO2S/c1-18(11-12-5-3-2-4-6-12)21(19,20)15-9-13(10-16)7-8-14(15)17/h2-9H,10-11H2,1H3. The molecule has 0 atom stereocenters. The lowest BCUT2D eigenvalue weighted by molar-refractivity contribution is 0.466. The third-order valence-corrected chi connectivity index (χ3v) is 5.68. The van der Waals surface area contributed by atoms with Crippen LogP contribution < -0.4 is 0 Å². The summed E-state index contributed by atoms with van der Waals surface area (Å²) < 4.78 is 26.5. The van der Waals surface area contributed by atoms with Crippen LogP contribution in [-0.2, 0) is 22.4 Å². The zero-order valence-electron chi connectivity index (χ0n) is 11.5. The van der Waals surface area contributed by atoms with Crippen LogP contribution in [0, 0.1) is 0 Å². The van der Waals surface area contributed by atoms with Gasteiger partial charge in [-0.25, -0.2) is 8.42 Å². The van der Waals surface area contributed by atoms with Crippen molar-refractivity contribution >= 4 is 33.2 Å². The minimum Gasteiger partial charge on any atom is -0.207 e. The molecule has 0 aliphatic carbocycles. The van der Waals surface area contributed by atoms with E-state index in [-0.39, 0.29) is 22.3 Å². The predicted molar refractivity (Wildman–Crippen MR) is 86.1 cm³/mol. The summed E-state index contributed by atoms with van der Waals surface area (Å²) in [4.78, 5) is 0.0840. The molecule has 6 heteroatoms. The lowest BCUT2D eigenvalue weighted by atomic mass is 10.2. The van der Waals surface area contributed by atoms with Gasteiger partial charge in [0.1, 0.15) is 4.90 Å². The second kappa shape index (κ2) is 6.79. The van der Waals surface area contributed by atoms with Crippen LogP contribution in [0.4, 0.5) is 0 Å². The first-order valence-electron chi connectivity index (χ1n) is 6.30. The Labute approximate surface area is 135 Å². The highest BCUT2D eigenvalue weighted by Crippen LogP contribution is 2.26.